The van der Waals surface area contributed by atoms with Crippen LogP contribution in [-0.2, 0) is 0 Å². The van der Waals surface area contributed by atoms with E-state index in [9.17, 15) is 8.78 Å². The molecule has 0 spiro atoms. The summed E-state index contributed by atoms with van der Waals surface area (Å²) in [4.78, 5) is 6.84. The molecule has 2 aromatic rings. The minimum atomic E-state index is -2.72. The molecular weight excluding hydrogens is 234 g/mol. The molecule has 80 valence electrons. The van der Waals surface area contributed by atoms with Gasteiger partial charge in [0.2, 0.25) is 0 Å². The van der Waals surface area contributed by atoms with Gasteiger partial charge in [-0.2, -0.15) is 0 Å². The lowest BCUT2D eigenvalue weighted by molar-refractivity contribution is 0.152. The zero-order valence-corrected chi connectivity index (χ0v) is 8.67. The summed E-state index contributed by atoms with van der Waals surface area (Å²) in [7, 11) is 0. The van der Waals surface area contributed by atoms with Gasteiger partial charge in [0.25, 0.3) is 12.2 Å². The van der Waals surface area contributed by atoms with Gasteiger partial charge in [0, 0.05) is 10.9 Å². The maximum absolute atomic E-state index is 12.6. The molecule has 1 aromatic carbocycles. The molecule has 0 N–H and O–H groups in total. The van der Waals surface area contributed by atoms with Crippen LogP contribution in [-0.4, -0.2) is 4.98 Å². The zero-order chi connectivity index (χ0) is 11.7. The van der Waals surface area contributed by atoms with E-state index in [2.05, 4.69) is 9.83 Å². The van der Waals surface area contributed by atoms with Crippen molar-refractivity contribution in [1.29, 1.82) is 0 Å². The third kappa shape index (κ3) is 1.70. The van der Waals surface area contributed by atoms with Crippen LogP contribution >= 0.6 is 11.6 Å². The largest absolute Gasteiger partial charge is 0.360 e. The monoisotopic (exact) mass is 238 g/mol. The predicted molar refractivity (Wildman–Crippen MR) is 58.0 cm³/mol. The number of rotatable bonds is 1. The van der Waals surface area contributed by atoms with Crippen molar-refractivity contribution in [3.8, 4) is 0 Å². The maximum atomic E-state index is 12.6. The Morgan fingerprint density at radius 2 is 2.12 bits per heavy atom. The fourth-order valence-electron chi connectivity index (χ4n) is 1.41. The van der Waals surface area contributed by atoms with E-state index in [0.29, 0.717) is 15.9 Å². The summed E-state index contributed by atoms with van der Waals surface area (Å²) >= 11 is 5.87. The van der Waals surface area contributed by atoms with E-state index >= 15 is 0 Å². The minimum Gasteiger partial charge on any atom is -0.360 e. The first-order valence-electron chi connectivity index (χ1n) is 4.38. The predicted octanol–water partition coefficient (Wildman–Crippen LogP) is 4.38. The number of fused-ring (bicyclic) bond motifs is 1. The number of hydrogen-bond donors (Lipinski definition) is 0. The Morgan fingerprint density at radius 1 is 1.38 bits per heavy atom. The van der Waals surface area contributed by atoms with Crippen LogP contribution in [0.25, 0.3) is 15.7 Å². The number of halogens is 3. The highest BCUT2D eigenvalue weighted by Crippen LogP contribution is 2.33. The van der Waals surface area contributed by atoms with Gasteiger partial charge in [0.05, 0.1) is 5.02 Å². The Kier molecular flexibility index (Phi) is 2.71. The molecule has 0 unspecified atom stereocenters. The van der Waals surface area contributed by atoms with Crippen LogP contribution in [0.4, 0.5) is 14.6 Å². The molecule has 0 aliphatic rings. The maximum Gasteiger partial charge on any atom is 0.279 e. The molecule has 0 saturated heterocycles. The number of hydrogen-bond acceptors (Lipinski definition) is 1. The molecule has 16 heavy (non-hydrogen) atoms. The first kappa shape index (κ1) is 10.8. The normalized spacial score (nSPS) is 10.7. The zero-order valence-electron chi connectivity index (χ0n) is 7.92. The number of aromatic nitrogens is 1. The van der Waals surface area contributed by atoms with Crippen LogP contribution in [0.5, 0.6) is 0 Å². The lowest BCUT2D eigenvalue weighted by Crippen LogP contribution is -1.89. The van der Waals surface area contributed by atoms with Crippen molar-refractivity contribution in [1.82, 2.24) is 4.98 Å². The molecule has 1 aromatic heterocycles. The highest BCUT2D eigenvalue weighted by Gasteiger charge is 2.17. The van der Waals surface area contributed by atoms with Gasteiger partial charge in [0.15, 0.2) is 5.52 Å². The van der Waals surface area contributed by atoms with Gasteiger partial charge in [0.1, 0.15) is 0 Å². The van der Waals surface area contributed by atoms with Crippen molar-refractivity contribution in [2.45, 2.75) is 6.43 Å². The van der Waals surface area contributed by atoms with Crippen molar-refractivity contribution in [2.24, 2.45) is 0 Å². The van der Waals surface area contributed by atoms with Crippen LogP contribution in [0.3, 0.4) is 0 Å². The molecule has 0 amide bonds. The first-order valence-corrected chi connectivity index (χ1v) is 4.76. The summed E-state index contributed by atoms with van der Waals surface area (Å²) in [5.74, 6) is -0.273. The van der Waals surface area contributed by atoms with Crippen LogP contribution in [0.2, 0.25) is 5.02 Å². The summed E-state index contributed by atoms with van der Waals surface area (Å²) in [6.45, 7) is 6.80. The van der Waals surface area contributed by atoms with Gasteiger partial charge < -0.3 is 4.85 Å². The van der Waals surface area contributed by atoms with Crippen molar-refractivity contribution in [3.63, 3.8) is 0 Å². The van der Waals surface area contributed by atoms with E-state index in [0.717, 1.165) is 0 Å². The lowest BCUT2D eigenvalue weighted by Gasteiger charge is -2.04. The summed E-state index contributed by atoms with van der Waals surface area (Å²) in [6, 6.07) is 6.11. The van der Waals surface area contributed by atoms with E-state index in [1.165, 1.54) is 6.07 Å². The molecule has 0 aliphatic carbocycles. The summed E-state index contributed by atoms with van der Waals surface area (Å²) in [6.07, 6.45) is -2.72. The SMILES string of the molecule is [C-]#[N+]c1nc2cccc(Cl)c2cc1C(F)F. The fraction of sp³-hybridized carbons (Fsp3) is 0.0909. The van der Waals surface area contributed by atoms with Gasteiger partial charge in [-0.1, -0.05) is 24.2 Å². The highest BCUT2D eigenvalue weighted by atomic mass is 35.5. The molecule has 0 radical (unpaired) electrons. The molecule has 1 heterocycles. The van der Waals surface area contributed by atoms with Crippen LogP contribution < -0.4 is 0 Å². The topological polar surface area (TPSA) is 17.2 Å². The third-order valence-electron chi connectivity index (χ3n) is 2.16. The Bertz CT molecular complexity index is 590. The van der Waals surface area contributed by atoms with Crippen LogP contribution in [0.1, 0.15) is 12.0 Å². The van der Waals surface area contributed by atoms with Crippen molar-refractivity contribution in [2.75, 3.05) is 0 Å². The molecule has 0 saturated carbocycles. The highest BCUT2D eigenvalue weighted by molar-refractivity contribution is 6.35. The van der Waals surface area contributed by atoms with E-state index in [1.807, 2.05) is 0 Å². The fourth-order valence-corrected chi connectivity index (χ4v) is 1.64. The Hall–Kier alpha value is -1.73. The van der Waals surface area contributed by atoms with E-state index < -0.39 is 6.43 Å². The number of benzene rings is 1. The second-order valence-corrected chi connectivity index (χ2v) is 3.53. The van der Waals surface area contributed by atoms with Crippen molar-refractivity contribution in [3.05, 3.63) is 46.3 Å². The summed E-state index contributed by atoms with van der Waals surface area (Å²) < 4.78 is 25.3. The molecular formula is C11H5ClF2N2. The molecule has 2 rings (SSSR count). The van der Waals surface area contributed by atoms with Gasteiger partial charge in [-0.25, -0.2) is 8.78 Å². The average Bonchev–Trinajstić information content (AvgIpc) is 2.27. The number of pyridine rings is 1. The van der Waals surface area contributed by atoms with Crippen molar-refractivity contribution < 1.29 is 8.78 Å². The Morgan fingerprint density at radius 3 is 2.75 bits per heavy atom. The second kappa shape index (κ2) is 4.03. The van der Waals surface area contributed by atoms with Crippen LogP contribution in [0, 0.1) is 6.57 Å². The standard InChI is InChI=1S/C11H5ClF2N2/c1-15-11-7(10(13)14)5-6-8(12)3-2-4-9(6)16-11/h2-5,10H. The molecule has 0 fully saturated rings. The lowest BCUT2D eigenvalue weighted by atomic mass is 10.1. The summed E-state index contributed by atoms with van der Waals surface area (Å²) in [5, 5.41) is 0.787. The van der Waals surface area contributed by atoms with Gasteiger partial charge in [-0.05, 0) is 18.2 Å². The smallest absolute Gasteiger partial charge is 0.279 e. The van der Waals surface area contributed by atoms with E-state index in [4.69, 9.17) is 18.2 Å². The molecule has 2 nitrogen and oxygen atoms in total. The number of nitrogens with zero attached hydrogens (tertiary/aromatic N) is 2. The first-order chi connectivity index (χ1) is 7.63. The Balaban J connectivity index is 2.82. The van der Waals surface area contributed by atoms with E-state index in [1.54, 1.807) is 18.2 Å². The van der Waals surface area contributed by atoms with Gasteiger partial charge >= 0.3 is 0 Å². The third-order valence-corrected chi connectivity index (χ3v) is 2.48. The Labute approximate surface area is 95.3 Å². The molecule has 0 atom stereocenters. The van der Waals surface area contributed by atoms with Crippen molar-refractivity contribution >= 4 is 28.3 Å². The van der Waals surface area contributed by atoms with Gasteiger partial charge in [-0.3, -0.25) is 0 Å². The molecule has 0 bridgehead atoms. The summed E-state index contributed by atoms with van der Waals surface area (Å²) in [5.41, 5.74) is 0.0681. The molecule has 5 heteroatoms. The average molecular weight is 239 g/mol. The quantitative estimate of drug-likeness (QED) is 0.674. The number of alkyl halides is 2. The minimum absolute atomic E-state index is 0.273. The van der Waals surface area contributed by atoms with E-state index in [-0.39, 0.29) is 11.4 Å². The van der Waals surface area contributed by atoms with Crippen LogP contribution in [0.15, 0.2) is 24.3 Å². The second-order valence-electron chi connectivity index (χ2n) is 3.12. The van der Waals surface area contributed by atoms with Gasteiger partial charge in [-0.15, -0.1) is 4.98 Å². The molecule has 0 aliphatic heterocycles.